The summed E-state index contributed by atoms with van der Waals surface area (Å²) in [4.78, 5) is 16.3. The van der Waals surface area contributed by atoms with Crippen LogP contribution in [0.3, 0.4) is 0 Å². The predicted octanol–water partition coefficient (Wildman–Crippen LogP) is 2.70. The number of halogens is 1. The maximum atomic E-state index is 12.5. The molecular weight excluding hydrogens is 362 g/mol. The Bertz CT molecular complexity index is 969. The zero-order chi connectivity index (χ0) is 18.2. The highest BCUT2D eigenvalue weighted by atomic mass is 35.5. The van der Waals surface area contributed by atoms with Crippen LogP contribution >= 0.6 is 11.6 Å². The molecule has 0 atom stereocenters. The first-order chi connectivity index (χ1) is 11.8. The van der Waals surface area contributed by atoms with Crippen molar-refractivity contribution >= 4 is 38.9 Å². The number of hydrazone groups is 1. The molecule has 6 nitrogen and oxygen atoms in total. The molecule has 0 radical (unpaired) electrons. The Kier molecular flexibility index (Phi) is 4.53. The molecule has 25 heavy (non-hydrogen) atoms. The van der Waals surface area contributed by atoms with Gasteiger partial charge in [-0.25, -0.2) is 0 Å². The van der Waals surface area contributed by atoms with Crippen molar-refractivity contribution in [2.75, 3.05) is 11.4 Å². The lowest BCUT2D eigenvalue weighted by atomic mass is 10.1. The Morgan fingerprint density at radius 2 is 1.84 bits per heavy atom. The van der Waals surface area contributed by atoms with Crippen molar-refractivity contribution in [2.24, 2.45) is 5.10 Å². The van der Waals surface area contributed by atoms with E-state index in [9.17, 15) is 13.2 Å². The number of carbonyl (C=O) groups is 1. The standard InChI is InChI=1S/C17H16ClN3O3S/c1-3-21-15-9-6-12(18)10-14(15)16(17(21)22)19-20-25(23,24)13-7-4-11(2)5-8-13/h4-10,20H,3H2,1-2H3/b19-16+. The van der Waals surface area contributed by atoms with Gasteiger partial charge < -0.3 is 4.90 Å². The largest absolute Gasteiger partial charge is 0.307 e. The number of fused-ring (bicyclic) bond motifs is 1. The number of hydrogen-bond acceptors (Lipinski definition) is 4. The Labute approximate surface area is 151 Å². The van der Waals surface area contributed by atoms with Crippen molar-refractivity contribution < 1.29 is 13.2 Å². The van der Waals surface area contributed by atoms with Gasteiger partial charge in [0.2, 0.25) is 0 Å². The zero-order valence-electron chi connectivity index (χ0n) is 13.7. The van der Waals surface area contributed by atoms with Crippen molar-refractivity contribution in [3.05, 3.63) is 58.6 Å². The molecule has 0 saturated carbocycles. The van der Waals surface area contributed by atoms with Crippen molar-refractivity contribution in [1.29, 1.82) is 0 Å². The third-order valence-corrected chi connectivity index (χ3v) is 5.34. The zero-order valence-corrected chi connectivity index (χ0v) is 15.2. The fraction of sp³-hybridized carbons (Fsp3) is 0.176. The van der Waals surface area contributed by atoms with Crippen LogP contribution in [-0.4, -0.2) is 26.6 Å². The smallest absolute Gasteiger partial charge is 0.279 e. The van der Waals surface area contributed by atoms with Crippen molar-refractivity contribution in [2.45, 2.75) is 18.7 Å². The summed E-state index contributed by atoms with van der Waals surface area (Å²) in [7, 11) is -3.87. The van der Waals surface area contributed by atoms with E-state index in [1.165, 1.54) is 17.0 Å². The molecule has 8 heteroatoms. The van der Waals surface area contributed by atoms with Crippen LogP contribution in [0.1, 0.15) is 18.1 Å². The highest BCUT2D eigenvalue weighted by Crippen LogP contribution is 2.31. The predicted molar refractivity (Wildman–Crippen MR) is 97.5 cm³/mol. The average Bonchev–Trinajstić information content (AvgIpc) is 2.83. The van der Waals surface area contributed by atoms with Crippen LogP contribution in [0.25, 0.3) is 0 Å². The molecule has 0 aliphatic carbocycles. The fourth-order valence-corrected chi connectivity index (χ4v) is 3.57. The number of aryl methyl sites for hydroxylation is 1. The minimum absolute atomic E-state index is 0.0232. The highest BCUT2D eigenvalue weighted by molar-refractivity contribution is 7.89. The van der Waals surface area contributed by atoms with E-state index in [0.717, 1.165) is 5.56 Å². The number of carbonyl (C=O) groups excluding carboxylic acids is 1. The van der Waals surface area contributed by atoms with Gasteiger partial charge in [0.15, 0.2) is 5.71 Å². The van der Waals surface area contributed by atoms with E-state index in [0.29, 0.717) is 22.8 Å². The molecule has 0 bridgehead atoms. The van der Waals surface area contributed by atoms with Crippen LogP contribution in [0.5, 0.6) is 0 Å². The van der Waals surface area contributed by atoms with E-state index < -0.39 is 10.0 Å². The van der Waals surface area contributed by atoms with Gasteiger partial charge in [0.05, 0.1) is 10.6 Å². The molecule has 0 fully saturated rings. The molecule has 1 N–H and O–H groups in total. The summed E-state index contributed by atoms with van der Waals surface area (Å²) < 4.78 is 24.7. The van der Waals surface area contributed by atoms with E-state index in [-0.39, 0.29) is 16.5 Å². The van der Waals surface area contributed by atoms with E-state index in [4.69, 9.17) is 11.6 Å². The van der Waals surface area contributed by atoms with Crippen LogP contribution in [-0.2, 0) is 14.8 Å². The number of sulfonamides is 1. The van der Waals surface area contributed by atoms with E-state index in [1.54, 1.807) is 30.3 Å². The summed E-state index contributed by atoms with van der Waals surface area (Å²) in [6, 6.07) is 11.3. The second-order valence-electron chi connectivity index (χ2n) is 5.58. The number of amides is 1. The number of nitrogens with one attached hydrogen (secondary N) is 1. The van der Waals surface area contributed by atoms with E-state index in [1.807, 2.05) is 13.8 Å². The third kappa shape index (κ3) is 3.25. The van der Waals surface area contributed by atoms with Gasteiger partial charge in [-0.2, -0.15) is 18.4 Å². The molecule has 2 aromatic rings. The molecule has 1 heterocycles. The Morgan fingerprint density at radius 3 is 2.48 bits per heavy atom. The second kappa shape index (κ2) is 6.50. The quantitative estimate of drug-likeness (QED) is 0.832. The van der Waals surface area contributed by atoms with Gasteiger partial charge in [0.1, 0.15) is 0 Å². The maximum Gasteiger partial charge on any atom is 0.279 e. The number of benzene rings is 2. The average molecular weight is 378 g/mol. The fourth-order valence-electron chi connectivity index (χ4n) is 2.58. The molecule has 1 aliphatic heterocycles. The summed E-state index contributed by atoms with van der Waals surface area (Å²) in [5.74, 6) is -0.369. The monoisotopic (exact) mass is 377 g/mol. The SMILES string of the molecule is CCN1C(=O)/C(=N/NS(=O)(=O)c2ccc(C)cc2)c2cc(Cl)ccc21. The van der Waals surface area contributed by atoms with Crippen LogP contribution in [0.2, 0.25) is 5.02 Å². The molecule has 3 rings (SSSR count). The van der Waals surface area contributed by atoms with Crippen molar-refractivity contribution in [1.82, 2.24) is 4.83 Å². The molecule has 130 valence electrons. The normalized spacial score (nSPS) is 15.6. The Balaban J connectivity index is 1.97. The molecule has 0 aromatic heterocycles. The lowest BCUT2D eigenvalue weighted by Gasteiger charge is -2.13. The van der Waals surface area contributed by atoms with E-state index >= 15 is 0 Å². The first-order valence-electron chi connectivity index (χ1n) is 7.61. The molecule has 1 aliphatic rings. The number of nitrogens with zero attached hydrogens (tertiary/aromatic N) is 2. The summed E-state index contributed by atoms with van der Waals surface area (Å²) in [6.45, 7) is 4.13. The summed E-state index contributed by atoms with van der Waals surface area (Å²) in [5, 5.41) is 4.33. The lowest BCUT2D eigenvalue weighted by molar-refractivity contribution is -0.112. The van der Waals surface area contributed by atoms with Crippen molar-refractivity contribution in [3.8, 4) is 0 Å². The molecule has 1 amide bonds. The number of likely N-dealkylation sites (N-methyl/N-ethyl adjacent to an activating group) is 1. The number of anilines is 1. The van der Waals surface area contributed by atoms with Gasteiger partial charge in [-0.3, -0.25) is 4.79 Å². The number of rotatable bonds is 4. The first-order valence-corrected chi connectivity index (χ1v) is 9.47. The van der Waals surface area contributed by atoms with Gasteiger partial charge in [-0.1, -0.05) is 29.3 Å². The van der Waals surface area contributed by atoms with Gasteiger partial charge in [-0.05, 0) is 44.2 Å². The third-order valence-electron chi connectivity index (χ3n) is 3.88. The highest BCUT2D eigenvalue weighted by Gasteiger charge is 2.33. The minimum atomic E-state index is -3.87. The lowest BCUT2D eigenvalue weighted by Crippen LogP contribution is -2.31. The van der Waals surface area contributed by atoms with Gasteiger partial charge in [0.25, 0.3) is 15.9 Å². The van der Waals surface area contributed by atoms with Crippen molar-refractivity contribution in [3.63, 3.8) is 0 Å². The van der Waals surface area contributed by atoms with Gasteiger partial charge >= 0.3 is 0 Å². The summed E-state index contributed by atoms with van der Waals surface area (Å²) in [6.07, 6.45) is 0. The van der Waals surface area contributed by atoms with Crippen LogP contribution in [0.15, 0.2) is 52.5 Å². The molecule has 0 saturated heterocycles. The molecule has 0 spiro atoms. The number of hydrogen-bond donors (Lipinski definition) is 1. The van der Waals surface area contributed by atoms with Gasteiger partial charge in [-0.15, -0.1) is 0 Å². The Morgan fingerprint density at radius 1 is 1.16 bits per heavy atom. The van der Waals surface area contributed by atoms with E-state index in [2.05, 4.69) is 9.93 Å². The second-order valence-corrected chi connectivity index (χ2v) is 7.68. The topological polar surface area (TPSA) is 78.8 Å². The first kappa shape index (κ1) is 17.4. The maximum absolute atomic E-state index is 12.5. The summed E-state index contributed by atoms with van der Waals surface area (Å²) in [5.41, 5.74) is 2.13. The van der Waals surface area contributed by atoms with Gasteiger partial charge in [0, 0.05) is 17.1 Å². The van der Waals surface area contributed by atoms with Crippen LogP contribution in [0, 0.1) is 6.92 Å². The van der Waals surface area contributed by atoms with Crippen LogP contribution < -0.4 is 9.73 Å². The minimum Gasteiger partial charge on any atom is -0.307 e. The van der Waals surface area contributed by atoms with Crippen LogP contribution in [0.4, 0.5) is 5.69 Å². The summed E-state index contributed by atoms with van der Waals surface area (Å²) >= 11 is 6.00. The molecule has 0 unspecified atom stereocenters. The Hall–Kier alpha value is -2.38. The molecule has 2 aromatic carbocycles. The molecular formula is C17H16ClN3O3S.